The van der Waals surface area contributed by atoms with Gasteiger partial charge in [0.1, 0.15) is 6.10 Å². The normalized spacial score (nSPS) is 44.7. The second kappa shape index (κ2) is 3.04. The Bertz CT molecular complexity index is 139. The molecule has 1 heterocycles. The molecule has 1 aliphatic heterocycles. The molecule has 0 saturated carbocycles. The second-order valence-electron chi connectivity index (χ2n) is 2.71. The number of aliphatic hydroxyl groups is 4. The van der Waals surface area contributed by atoms with E-state index in [4.69, 9.17) is 20.1 Å². The number of hydrogen-bond donors (Lipinski definition) is 4. The first kappa shape index (κ1) is 8.89. The average Bonchev–Trinajstić information content (AvgIpc) is 2.27. The molecule has 1 fully saturated rings. The third-order valence-electron chi connectivity index (χ3n) is 1.76. The Kier molecular flexibility index (Phi) is 2.46. The number of hydrogen-bond acceptors (Lipinski definition) is 5. The first-order chi connectivity index (χ1) is 5.11. The van der Waals surface area contributed by atoms with Gasteiger partial charge in [-0.1, -0.05) is 0 Å². The van der Waals surface area contributed by atoms with Crippen LogP contribution in [0, 0.1) is 0 Å². The van der Waals surface area contributed by atoms with Gasteiger partial charge in [0.2, 0.25) is 0 Å². The van der Waals surface area contributed by atoms with E-state index in [1.165, 1.54) is 0 Å². The van der Waals surface area contributed by atoms with E-state index in [2.05, 4.69) is 0 Å². The lowest BCUT2D eigenvalue weighted by Crippen LogP contribution is -2.33. The van der Waals surface area contributed by atoms with Crippen molar-refractivity contribution in [3.63, 3.8) is 0 Å². The molecule has 0 aliphatic carbocycles. The highest BCUT2D eigenvalue weighted by molar-refractivity contribution is 4.85. The minimum atomic E-state index is -1.67. The molecule has 4 N–H and O–H groups in total. The zero-order valence-electron chi connectivity index (χ0n) is 5.97. The molecule has 3 atom stereocenters. The largest absolute Gasteiger partial charge is 0.394 e. The number of rotatable bonds is 2. The van der Waals surface area contributed by atoms with Crippen molar-refractivity contribution < 1.29 is 25.2 Å². The van der Waals surface area contributed by atoms with Gasteiger partial charge in [-0.2, -0.15) is 0 Å². The van der Waals surface area contributed by atoms with Crippen LogP contribution in [0.4, 0.5) is 0 Å². The quantitative estimate of drug-likeness (QED) is 0.372. The maximum atomic E-state index is 9.23. The Morgan fingerprint density at radius 3 is 2.36 bits per heavy atom. The molecule has 1 rings (SSSR count). The summed E-state index contributed by atoms with van der Waals surface area (Å²) in [7, 11) is 0. The van der Waals surface area contributed by atoms with Gasteiger partial charge in [-0.05, 0) is 0 Å². The summed E-state index contributed by atoms with van der Waals surface area (Å²) in [6, 6.07) is 0. The molecule has 1 saturated heterocycles. The Hall–Kier alpha value is -0.200. The predicted octanol–water partition coefficient (Wildman–Crippen LogP) is -2.19. The summed E-state index contributed by atoms with van der Waals surface area (Å²) >= 11 is 0. The van der Waals surface area contributed by atoms with Crippen molar-refractivity contribution >= 4 is 0 Å². The molecule has 0 bridgehead atoms. The number of aliphatic hydroxyl groups excluding tert-OH is 3. The summed E-state index contributed by atoms with van der Waals surface area (Å²) in [5, 5.41) is 35.5. The molecule has 0 amide bonds. The smallest absolute Gasteiger partial charge is 0.192 e. The molecular formula is C6H12O5. The zero-order chi connectivity index (χ0) is 8.48. The third-order valence-corrected chi connectivity index (χ3v) is 1.76. The number of ether oxygens (including phenoxy) is 1. The Balaban J connectivity index is 2.55. The van der Waals surface area contributed by atoms with E-state index in [-0.39, 0.29) is 13.0 Å². The zero-order valence-corrected chi connectivity index (χ0v) is 5.97. The highest BCUT2D eigenvalue weighted by Crippen LogP contribution is 2.27. The van der Waals surface area contributed by atoms with Gasteiger partial charge in [0, 0.05) is 6.42 Å². The van der Waals surface area contributed by atoms with Crippen molar-refractivity contribution in [3.8, 4) is 0 Å². The van der Waals surface area contributed by atoms with Gasteiger partial charge in [0.15, 0.2) is 5.79 Å². The third kappa shape index (κ3) is 1.69. The lowest BCUT2D eigenvalue weighted by molar-refractivity contribution is -0.217. The van der Waals surface area contributed by atoms with E-state index < -0.39 is 24.6 Å². The van der Waals surface area contributed by atoms with Gasteiger partial charge in [-0.15, -0.1) is 0 Å². The van der Waals surface area contributed by atoms with E-state index >= 15 is 0 Å². The summed E-state index contributed by atoms with van der Waals surface area (Å²) in [4.78, 5) is 0. The van der Waals surface area contributed by atoms with Crippen LogP contribution in [-0.4, -0.2) is 51.6 Å². The monoisotopic (exact) mass is 164 g/mol. The van der Waals surface area contributed by atoms with Crippen molar-refractivity contribution in [1.82, 2.24) is 0 Å². The second-order valence-corrected chi connectivity index (χ2v) is 2.71. The fourth-order valence-corrected chi connectivity index (χ4v) is 1.13. The summed E-state index contributed by atoms with van der Waals surface area (Å²) in [5.74, 6) is -1.67. The van der Waals surface area contributed by atoms with E-state index in [9.17, 15) is 5.11 Å². The molecule has 1 aliphatic rings. The summed E-state index contributed by atoms with van der Waals surface area (Å²) in [5.41, 5.74) is 0. The van der Waals surface area contributed by atoms with Crippen molar-refractivity contribution in [3.05, 3.63) is 0 Å². The first-order valence-electron chi connectivity index (χ1n) is 3.41. The van der Waals surface area contributed by atoms with Crippen LogP contribution < -0.4 is 0 Å². The van der Waals surface area contributed by atoms with Crippen LogP contribution >= 0.6 is 0 Å². The topological polar surface area (TPSA) is 90.2 Å². The maximum absolute atomic E-state index is 9.23. The van der Waals surface area contributed by atoms with Gasteiger partial charge in [-0.3, -0.25) is 0 Å². The van der Waals surface area contributed by atoms with Gasteiger partial charge in [0.05, 0.1) is 19.3 Å². The van der Waals surface area contributed by atoms with Gasteiger partial charge < -0.3 is 25.2 Å². The Labute approximate surface area is 63.8 Å². The van der Waals surface area contributed by atoms with Gasteiger partial charge in [-0.25, -0.2) is 0 Å². The van der Waals surface area contributed by atoms with E-state index in [1.807, 2.05) is 0 Å². The molecule has 11 heavy (non-hydrogen) atoms. The lowest BCUT2D eigenvalue weighted by atomic mass is 10.1. The fraction of sp³-hybridized carbons (Fsp3) is 1.00. The molecule has 66 valence electrons. The van der Waals surface area contributed by atoms with Crippen LogP contribution in [0.2, 0.25) is 0 Å². The molecule has 0 aromatic carbocycles. The lowest BCUT2D eigenvalue weighted by Gasteiger charge is -2.18. The van der Waals surface area contributed by atoms with Crippen LogP contribution in [0.15, 0.2) is 0 Å². The van der Waals surface area contributed by atoms with Crippen LogP contribution in [0.25, 0.3) is 0 Å². The van der Waals surface area contributed by atoms with E-state index in [0.29, 0.717) is 0 Å². The molecule has 5 heteroatoms. The Morgan fingerprint density at radius 2 is 2.09 bits per heavy atom. The molecule has 0 radical (unpaired) electrons. The average molecular weight is 164 g/mol. The molecule has 0 aromatic heterocycles. The fourth-order valence-electron chi connectivity index (χ4n) is 1.13. The van der Waals surface area contributed by atoms with Crippen LogP contribution in [0.5, 0.6) is 0 Å². The predicted molar refractivity (Wildman–Crippen MR) is 34.6 cm³/mol. The van der Waals surface area contributed by atoms with Crippen LogP contribution in [0.3, 0.4) is 0 Å². The van der Waals surface area contributed by atoms with Gasteiger partial charge in [0.25, 0.3) is 0 Å². The van der Waals surface area contributed by atoms with Gasteiger partial charge >= 0.3 is 0 Å². The van der Waals surface area contributed by atoms with E-state index in [1.54, 1.807) is 0 Å². The SMILES string of the molecule is OCC1OC(O)(CO)C[C@H]1O. The van der Waals surface area contributed by atoms with Crippen molar-refractivity contribution in [2.24, 2.45) is 0 Å². The highest BCUT2D eigenvalue weighted by atomic mass is 16.7. The Morgan fingerprint density at radius 1 is 1.45 bits per heavy atom. The molecule has 0 aromatic rings. The first-order valence-corrected chi connectivity index (χ1v) is 3.41. The maximum Gasteiger partial charge on any atom is 0.192 e. The van der Waals surface area contributed by atoms with E-state index in [0.717, 1.165) is 0 Å². The summed E-state index contributed by atoms with van der Waals surface area (Å²) in [6.07, 6.45) is -1.75. The highest BCUT2D eigenvalue weighted by Gasteiger charge is 2.43. The van der Waals surface area contributed by atoms with Crippen molar-refractivity contribution in [2.75, 3.05) is 13.2 Å². The van der Waals surface area contributed by atoms with Crippen LogP contribution in [-0.2, 0) is 4.74 Å². The summed E-state index contributed by atoms with van der Waals surface area (Å²) in [6.45, 7) is -0.927. The summed E-state index contributed by atoms with van der Waals surface area (Å²) < 4.78 is 4.77. The molecule has 2 unspecified atom stereocenters. The van der Waals surface area contributed by atoms with Crippen molar-refractivity contribution in [1.29, 1.82) is 0 Å². The minimum Gasteiger partial charge on any atom is -0.394 e. The molecular weight excluding hydrogens is 152 g/mol. The standard InChI is InChI=1S/C6H12O5/c7-2-5-4(9)1-6(10,3-8)11-5/h4-5,7-10H,1-3H2/t4-,5?,6?/m1/s1. The van der Waals surface area contributed by atoms with Crippen LogP contribution in [0.1, 0.15) is 6.42 Å². The molecule has 5 nitrogen and oxygen atoms in total. The van der Waals surface area contributed by atoms with Crippen molar-refractivity contribution in [2.45, 2.75) is 24.4 Å². The minimum absolute atomic E-state index is 0.0608. The molecule has 0 spiro atoms.